The smallest absolute Gasteiger partial charge is 0.250 e. The number of rotatable bonds is 12. The first-order valence-electron chi connectivity index (χ1n) is 13.0. The lowest BCUT2D eigenvalue weighted by molar-refractivity contribution is -0.133. The summed E-state index contributed by atoms with van der Waals surface area (Å²) >= 11 is 0. The van der Waals surface area contributed by atoms with Crippen LogP contribution in [0.2, 0.25) is 0 Å². The minimum Gasteiger partial charge on any atom is -0.374 e. The lowest BCUT2D eigenvalue weighted by Gasteiger charge is -2.32. The fourth-order valence-electron chi connectivity index (χ4n) is 4.26. The van der Waals surface area contributed by atoms with Crippen LogP contribution in [-0.2, 0) is 32.3 Å². The molecular weight excluding hydrogens is 472 g/mol. The van der Waals surface area contributed by atoms with Crippen LogP contribution < -0.4 is 16.4 Å². The van der Waals surface area contributed by atoms with Gasteiger partial charge in [0.15, 0.2) is 5.82 Å². The number of likely N-dealkylation sites (tertiary alicyclic amines) is 1. The summed E-state index contributed by atoms with van der Waals surface area (Å²) in [4.78, 5) is 44.3. The number of imidazole rings is 1. The molecule has 202 valence electrons. The summed E-state index contributed by atoms with van der Waals surface area (Å²) in [6.07, 6.45) is 7.60. The number of ether oxygens (including phenoxy) is 1. The number of hydrogen-bond acceptors (Lipinski definition) is 6. The molecule has 10 heteroatoms. The Kier molecular flexibility index (Phi) is 10.2. The first-order chi connectivity index (χ1) is 17.7. The van der Waals surface area contributed by atoms with Crippen molar-refractivity contribution in [1.82, 2.24) is 19.8 Å². The second kappa shape index (κ2) is 13.3. The maximum absolute atomic E-state index is 13.0. The van der Waals surface area contributed by atoms with Crippen molar-refractivity contribution in [2.45, 2.75) is 71.2 Å². The topological polar surface area (TPSA) is 132 Å². The third-order valence-corrected chi connectivity index (χ3v) is 6.47. The molecule has 1 aromatic heterocycles. The molecule has 2 aromatic rings. The van der Waals surface area contributed by atoms with Crippen LogP contribution >= 0.6 is 0 Å². The number of benzene rings is 1. The second-order valence-electron chi connectivity index (χ2n) is 10.3. The van der Waals surface area contributed by atoms with Gasteiger partial charge in [0.05, 0.1) is 25.1 Å². The van der Waals surface area contributed by atoms with Gasteiger partial charge in [0.25, 0.3) is 5.91 Å². The molecular formula is C27H40N6O4. The zero-order chi connectivity index (χ0) is 26.8. The van der Waals surface area contributed by atoms with Crippen molar-refractivity contribution in [2.24, 2.45) is 11.7 Å². The highest BCUT2D eigenvalue weighted by Gasteiger charge is 2.29. The highest BCUT2D eigenvalue weighted by atomic mass is 16.5. The summed E-state index contributed by atoms with van der Waals surface area (Å²) in [5.41, 5.74) is 5.68. The molecule has 0 bridgehead atoms. The van der Waals surface area contributed by atoms with E-state index in [-0.39, 0.29) is 24.9 Å². The van der Waals surface area contributed by atoms with Gasteiger partial charge in [0.1, 0.15) is 12.6 Å². The van der Waals surface area contributed by atoms with Gasteiger partial charge in [-0.1, -0.05) is 50.1 Å². The molecule has 37 heavy (non-hydrogen) atoms. The number of carbonyl (C=O) groups excluding carboxylic acids is 3. The van der Waals surface area contributed by atoms with Gasteiger partial charge in [0, 0.05) is 19.3 Å². The summed E-state index contributed by atoms with van der Waals surface area (Å²) in [5, 5.41) is 5.37. The lowest BCUT2D eigenvalue weighted by atomic mass is 9.92. The van der Waals surface area contributed by atoms with Gasteiger partial charge in [-0.15, -0.1) is 0 Å². The van der Waals surface area contributed by atoms with Crippen molar-refractivity contribution in [1.29, 1.82) is 0 Å². The number of amides is 3. The summed E-state index contributed by atoms with van der Waals surface area (Å²) in [6, 6.07) is 8.56. The second-order valence-corrected chi connectivity index (χ2v) is 10.3. The number of nitrogens with one attached hydrogen (secondary N) is 2. The molecule has 0 radical (unpaired) electrons. The third kappa shape index (κ3) is 8.98. The van der Waals surface area contributed by atoms with Crippen molar-refractivity contribution >= 4 is 23.5 Å². The quantitative estimate of drug-likeness (QED) is 0.400. The molecule has 0 unspecified atom stereocenters. The van der Waals surface area contributed by atoms with Gasteiger partial charge >= 0.3 is 0 Å². The highest BCUT2D eigenvalue weighted by molar-refractivity contribution is 5.98. The molecule has 2 heterocycles. The molecule has 4 N–H and O–H groups in total. The number of nitrogens with zero attached hydrogens (tertiary/aromatic N) is 3. The molecule has 1 saturated heterocycles. The zero-order valence-corrected chi connectivity index (χ0v) is 22.1. The molecule has 1 atom stereocenters. The Hall–Kier alpha value is -3.24. The van der Waals surface area contributed by atoms with E-state index in [4.69, 9.17) is 10.5 Å². The van der Waals surface area contributed by atoms with Crippen molar-refractivity contribution in [3.63, 3.8) is 0 Å². The normalized spacial score (nSPS) is 15.3. The molecule has 1 aromatic carbocycles. The van der Waals surface area contributed by atoms with Crippen LogP contribution in [0.4, 0.5) is 5.82 Å². The number of piperidine rings is 1. The largest absolute Gasteiger partial charge is 0.374 e. The molecule has 0 saturated carbocycles. The first kappa shape index (κ1) is 28.3. The number of aromatic nitrogens is 2. The molecule has 3 rings (SSSR count). The van der Waals surface area contributed by atoms with E-state index < -0.39 is 23.4 Å². The Balaban J connectivity index is 1.55. The lowest BCUT2D eigenvalue weighted by Crippen LogP contribution is -2.56. The fraction of sp³-hybridized carbons (Fsp3) is 0.556. The SMILES string of the molecule is CCCC1CCN(C(=O)Cn2cnc(NC(=O)[C@@H](COCc3ccccc3)NC(=O)C(C)(C)N)c2)CC1. The average molecular weight is 513 g/mol. The van der Waals surface area contributed by atoms with Crippen LogP contribution in [0.15, 0.2) is 42.9 Å². The Bertz CT molecular complexity index is 1030. The van der Waals surface area contributed by atoms with E-state index in [9.17, 15) is 14.4 Å². The van der Waals surface area contributed by atoms with Crippen molar-refractivity contribution in [3.8, 4) is 0 Å². The number of nitrogens with two attached hydrogens (primary N) is 1. The number of anilines is 1. The Labute approximate surface area is 218 Å². The summed E-state index contributed by atoms with van der Waals surface area (Å²) in [5.74, 6) is 0.0673. The Morgan fingerprint density at radius 3 is 2.54 bits per heavy atom. The maximum atomic E-state index is 13.0. The van der Waals surface area contributed by atoms with E-state index in [1.165, 1.54) is 19.2 Å². The highest BCUT2D eigenvalue weighted by Crippen LogP contribution is 2.22. The van der Waals surface area contributed by atoms with Crippen LogP contribution in [0, 0.1) is 5.92 Å². The van der Waals surface area contributed by atoms with Gasteiger partial charge in [-0.25, -0.2) is 4.98 Å². The molecule has 10 nitrogen and oxygen atoms in total. The molecule has 1 aliphatic heterocycles. The predicted molar refractivity (Wildman–Crippen MR) is 141 cm³/mol. The summed E-state index contributed by atoms with van der Waals surface area (Å²) < 4.78 is 7.36. The van der Waals surface area contributed by atoms with Gasteiger partial charge in [0.2, 0.25) is 11.8 Å². The van der Waals surface area contributed by atoms with Gasteiger partial charge in [-0.2, -0.15) is 0 Å². The van der Waals surface area contributed by atoms with Crippen molar-refractivity contribution in [2.75, 3.05) is 25.0 Å². The molecule has 1 fully saturated rings. The van der Waals surface area contributed by atoms with Crippen LogP contribution in [-0.4, -0.2) is 63.4 Å². The third-order valence-electron chi connectivity index (χ3n) is 6.47. The van der Waals surface area contributed by atoms with E-state index in [0.29, 0.717) is 12.5 Å². The van der Waals surface area contributed by atoms with Gasteiger partial charge < -0.3 is 30.6 Å². The van der Waals surface area contributed by atoms with Crippen molar-refractivity contribution in [3.05, 3.63) is 48.4 Å². The van der Waals surface area contributed by atoms with E-state index in [0.717, 1.165) is 31.5 Å². The molecule has 0 spiro atoms. The van der Waals surface area contributed by atoms with Crippen LogP contribution in [0.5, 0.6) is 0 Å². The molecule has 3 amide bonds. The maximum Gasteiger partial charge on any atom is 0.250 e. The van der Waals surface area contributed by atoms with E-state index in [1.54, 1.807) is 24.6 Å². The van der Waals surface area contributed by atoms with Crippen molar-refractivity contribution < 1.29 is 19.1 Å². The van der Waals surface area contributed by atoms with Gasteiger partial charge in [-0.3, -0.25) is 14.4 Å². The van der Waals surface area contributed by atoms with E-state index in [2.05, 4.69) is 22.5 Å². The first-order valence-corrected chi connectivity index (χ1v) is 13.0. The Morgan fingerprint density at radius 2 is 1.89 bits per heavy atom. The van der Waals surface area contributed by atoms with E-state index in [1.807, 2.05) is 35.2 Å². The van der Waals surface area contributed by atoms with Crippen LogP contribution in [0.1, 0.15) is 52.0 Å². The number of hydrogen-bond donors (Lipinski definition) is 3. The van der Waals surface area contributed by atoms with Crippen LogP contribution in [0.25, 0.3) is 0 Å². The fourth-order valence-corrected chi connectivity index (χ4v) is 4.26. The summed E-state index contributed by atoms with van der Waals surface area (Å²) in [7, 11) is 0. The monoisotopic (exact) mass is 512 g/mol. The molecule has 1 aliphatic rings. The zero-order valence-electron chi connectivity index (χ0n) is 22.1. The standard InChI is InChI=1S/C27H40N6O4/c1-4-8-20-11-13-33(14-12-20)24(34)16-32-15-23(29-19-32)31-25(35)22(30-26(36)27(2,3)28)18-37-17-21-9-6-5-7-10-21/h5-7,9-10,15,19-20,22H,4,8,11-14,16-18,28H2,1-3H3,(H,30,36)(H,31,35)/t22-/m1/s1. The minimum atomic E-state index is -1.16. The van der Waals surface area contributed by atoms with E-state index >= 15 is 0 Å². The van der Waals surface area contributed by atoms with Crippen LogP contribution in [0.3, 0.4) is 0 Å². The Morgan fingerprint density at radius 1 is 1.19 bits per heavy atom. The predicted octanol–water partition coefficient (Wildman–Crippen LogP) is 2.30. The molecule has 0 aliphatic carbocycles. The minimum absolute atomic E-state index is 0.0369. The number of carbonyl (C=O) groups is 3. The average Bonchev–Trinajstić information content (AvgIpc) is 3.30. The van der Waals surface area contributed by atoms with Gasteiger partial charge in [-0.05, 0) is 38.2 Å². The summed E-state index contributed by atoms with van der Waals surface area (Å²) in [6.45, 7) is 7.28.